The maximum atomic E-state index is 13.9. The maximum absolute atomic E-state index is 13.9. The first kappa shape index (κ1) is 26.3. The molecule has 0 spiro atoms. The van der Waals surface area contributed by atoms with Gasteiger partial charge >= 0.3 is 7.82 Å². The number of likely N-dealkylation sites (N-methyl/N-ethyl adjacent to an activating group) is 1. The van der Waals surface area contributed by atoms with Gasteiger partial charge in [0, 0.05) is 65.6 Å². The summed E-state index contributed by atoms with van der Waals surface area (Å²) in [5.74, 6) is -0.972. The molecule has 37 heavy (non-hydrogen) atoms. The summed E-state index contributed by atoms with van der Waals surface area (Å²) in [6, 6.07) is 6.40. The zero-order valence-electron chi connectivity index (χ0n) is 19.9. The average Bonchev–Trinajstić information content (AvgIpc) is 3.20. The van der Waals surface area contributed by atoms with E-state index in [9.17, 15) is 13.8 Å². The van der Waals surface area contributed by atoms with E-state index >= 15 is 0 Å². The van der Waals surface area contributed by atoms with Crippen molar-refractivity contribution in [3.05, 3.63) is 73.3 Å². The van der Waals surface area contributed by atoms with Gasteiger partial charge in [0.15, 0.2) is 0 Å². The number of hydrogen-bond acceptors (Lipinski definition) is 7. The minimum absolute atomic E-state index is 0.293. The third-order valence-corrected chi connectivity index (χ3v) is 5.65. The van der Waals surface area contributed by atoms with Gasteiger partial charge in [0.2, 0.25) is 11.9 Å². The van der Waals surface area contributed by atoms with E-state index in [2.05, 4.69) is 24.8 Å². The fourth-order valence-corrected chi connectivity index (χ4v) is 3.86. The van der Waals surface area contributed by atoms with Crippen molar-refractivity contribution >= 4 is 30.5 Å². The summed E-state index contributed by atoms with van der Waals surface area (Å²) in [7, 11) is -0.938. The van der Waals surface area contributed by atoms with Crippen molar-refractivity contribution in [3.63, 3.8) is 0 Å². The van der Waals surface area contributed by atoms with Gasteiger partial charge in [0.1, 0.15) is 12.4 Å². The topological polar surface area (TPSA) is 143 Å². The van der Waals surface area contributed by atoms with Gasteiger partial charge in [-0.25, -0.2) is 14.5 Å². The normalized spacial score (nSPS) is 12.1. The van der Waals surface area contributed by atoms with E-state index in [-0.39, 0.29) is 5.91 Å². The Labute approximate surface area is 211 Å². The predicted octanol–water partition coefficient (Wildman–Crippen LogP) is 3.42. The molecule has 0 unspecified atom stereocenters. The Morgan fingerprint density at radius 3 is 2.68 bits per heavy atom. The molecule has 0 aliphatic heterocycles. The first-order valence-corrected chi connectivity index (χ1v) is 12.5. The number of aromatic nitrogens is 4. The van der Waals surface area contributed by atoms with Crippen LogP contribution in [-0.4, -0.2) is 60.8 Å². The highest BCUT2D eigenvalue weighted by Crippen LogP contribution is 2.38. The number of nitrogens with zero attached hydrogens (tertiary/aromatic N) is 5. The molecule has 4 aromatic heterocycles. The van der Waals surface area contributed by atoms with Gasteiger partial charge in [0.25, 0.3) is 0 Å². The van der Waals surface area contributed by atoms with Gasteiger partial charge in [-0.3, -0.25) is 14.3 Å². The Kier molecular flexibility index (Phi) is 7.86. The molecule has 0 radical (unpaired) electrons. The molecule has 4 rings (SSSR count). The fraction of sp³-hybridized carbons (Fsp3) is 0.167. The highest BCUT2D eigenvalue weighted by atomic mass is 31.2. The van der Waals surface area contributed by atoms with Crippen LogP contribution in [0, 0.1) is 5.95 Å². The number of carbonyl (C=O) groups is 1. The summed E-state index contributed by atoms with van der Waals surface area (Å²) in [5.41, 5.74) is 3.23. The molecule has 0 aliphatic rings. The lowest BCUT2D eigenvalue weighted by molar-refractivity contribution is -0.111. The molecular formula is C24H24FN6O5P. The molecule has 0 saturated carbocycles. The monoisotopic (exact) mass is 526 g/mol. The van der Waals surface area contributed by atoms with Gasteiger partial charge in [-0.1, -0.05) is 6.08 Å². The second-order valence-electron chi connectivity index (χ2n) is 8.34. The van der Waals surface area contributed by atoms with Crippen molar-refractivity contribution in [2.75, 3.05) is 26.0 Å². The SMILES string of the molecule is CN(C)CC=CC(=O)Nc1cncc(-c2cnc3c(c2)c(-c2ccnc(F)c2)cn3COP(=O)(O)O)c1. The molecule has 1 amide bonds. The zero-order valence-corrected chi connectivity index (χ0v) is 20.8. The number of anilines is 1. The number of phosphoric acid groups is 1. The van der Waals surface area contributed by atoms with Crippen molar-refractivity contribution in [3.8, 4) is 22.3 Å². The van der Waals surface area contributed by atoms with Crippen LogP contribution in [0.2, 0.25) is 0 Å². The quantitative estimate of drug-likeness (QED) is 0.170. The summed E-state index contributed by atoms with van der Waals surface area (Å²) in [6.07, 6.45) is 10.8. The number of phosphoric ester groups is 1. The lowest BCUT2D eigenvalue weighted by atomic mass is 10.0. The summed E-state index contributed by atoms with van der Waals surface area (Å²) < 4.78 is 31.2. The van der Waals surface area contributed by atoms with E-state index in [1.54, 1.807) is 42.9 Å². The van der Waals surface area contributed by atoms with Crippen LogP contribution in [0.3, 0.4) is 0 Å². The molecule has 192 valence electrons. The molecular weight excluding hydrogens is 502 g/mol. The molecule has 0 saturated heterocycles. The van der Waals surface area contributed by atoms with Gasteiger partial charge in [-0.15, -0.1) is 0 Å². The van der Waals surface area contributed by atoms with Gasteiger partial charge in [-0.05, 0) is 37.9 Å². The third kappa shape index (κ3) is 6.91. The number of rotatable bonds is 9. The van der Waals surface area contributed by atoms with Crippen molar-refractivity contribution in [2.45, 2.75) is 6.73 Å². The van der Waals surface area contributed by atoms with E-state index in [1.165, 1.54) is 29.1 Å². The number of pyridine rings is 3. The first-order valence-electron chi connectivity index (χ1n) is 11.0. The first-order chi connectivity index (χ1) is 17.6. The van der Waals surface area contributed by atoms with Crippen molar-refractivity contribution in [1.82, 2.24) is 24.4 Å². The number of hydrogen-bond donors (Lipinski definition) is 3. The summed E-state index contributed by atoms with van der Waals surface area (Å²) in [5, 5.41) is 3.35. The van der Waals surface area contributed by atoms with Crippen LogP contribution in [-0.2, 0) is 20.6 Å². The van der Waals surface area contributed by atoms with Crippen LogP contribution in [0.4, 0.5) is 10.1 Å². The zero-order chi connectivity index (χ0) is 26.6. The Morgan fingerprint density at radius 2 is 1.95 bits per heavy atom. The van der Waals surface area contributed by atoms with Crippen molar-refractivity contribution in [1.29, 1.82) is 0 Å². The third-order valence-electron chi connectivity index (χ3n) is 5.20. The summed E-state index contributed by atoms with van der Waals surface area (Å²) >= 11 is 0. The molecule has 0 aromatic carbocycles. The Morgan fingerprint density at radius 1 is 1.16 bits per heavy atom. The highest BCUT2D eigenvalue weighted by molar-refractivity contribution is 7.46. The van der Waals surface area contributed by atoms with Crippen LogP contribution in [0.25, 0.3) is 33.3 Å². The minimum atomic E-state index is -4.74. The molecule has 0 fully saturated rings. The predicted molar refractivity (Wildman–Crippen MR) is 136 cm³/mol. The number of fused-ring (bicyclic) bond motifs is 1. The van der Waals surface area contributed by atoms with Gasteiger partial charge < -0.3 is 24.6 Å². The largest absolute Gasteiger partial charge is 0.471 e. The molecule has 4 aromatic rings. The second-order valence-corrected chi connectivity index (χ2v) is 9.58. The van der Waals surface area contributed by atoms with Gasteiger partial charge in [0.05, 0.1) is 11.9 Å². The van der Waals surface area contributed by atoms with E-state index in [4.69, 9.17) is 9.79 Å². The molecule has 11 nitrogen and oxygen atoms in total. The van der Waals surface area contributed by atoms with Crippen molar-refractivity contribution in [2.24, 2.45) is 0 Å². The maximum Gasteiger partial charge on any atom is 0.471 e. The Bertz CT molecular complexity index is 1520. The Balaban J connectivity index is 1.70. The van der Waals surface area contributed by atoms with Crippen LogP contribution in [0.5, 0.6) is 0 Å². The minimum Gasteiger partial charge on any atom is -0.321 e. The van der Waals surface area contributed by atoms with E-state index < -0.39 is 20.5 Å². The van der Waals surface area contributed by atoms with E-state index in [1.807, 2.05) is 19.0 Å². The van der Waals surface area contributed by atoms with Crippen LogP contribution >= 0.6 is 7.82 Å². The standard InChI is InChI=1S/C24H24FN6O5P/c1-30(2)7-3-4-23(32)29-19-8-17(11-26-13-19)18-9-20-21(16-5-6-27-22(25)10-16)14-31(24(20)28-12-18)15-36-37(33,34)35/h3-6,8-14H,7,15H2,1-2H3,(H,29,32)(H2,33,34,35). The number of carbonyl (C=O) groups excluding carboxylic acids is 1. The number of amides is 1. The Hall–Kier alpha value is -3.80. The fourth-order valence-electron chi connectivity index (χ4n) is 3.59. The lowest BCUT2D eigenvalue weighted by Crippen LogP contribution is -2.13. The second kappa shape index (κ2) is 11.1. The van der Waals surface area contributed by atoms with Gasteiger partial charge in [-0.2, -0.15) is 4.39 Å². The molecule has 0 aliphatic carbocycles. The molecule has 0 bridgehead atoms. The van der Waals surface area contributed by atoms with E-state index in [0.717, 1.165) is 0 Å². The average molecular weight is 526 g/mol. The molecule has 13 heteroatoms. The summed E-state index contributed by atoms with van der Waals surface area (Å²) in [6.45, 7) is 0.158. The van der Waals surface area contributed by atoms with E-state index in [0.29, 0.717) is 45.5 Å². The molecule has 4 heterocycles. The van der Waals surface area contributed by atoms with Crippen LogP contribution < -0.4 is 5.32 Å². The van der Waals surface area contributed by atoms with Crippen LogP contribution in [0.15, 0.2) is 67.4 Å². The summed E-state index contributed by atoms with van der Waals surface area (Å²) in [4.78, 5) is 44.6. The smallest absolute Gasteiger partial charge is 0.321 e. The molecule has 3 N–H and O–H groups in total. The van der Waals surface area contributed by atoms with Crippen LogP contribution in [0.1, 0.15) is 0 Å². The number of nitrogens with one attached hydrogen (secondary N) is 1. The van der Waals surface area contributed by atoms with Crippen molar-refractivity contribution < 1.29 is 28.1 Å². The number of halogens is 1. The lowest BCUT2D eigenvalue weighted by Gasteiger charge is -2.08. The molecule has 0 atom stereocenters. The highest BCUT2D eigenvalue weighted by Gasteiger charge is 2.18.